The van der Waals surface area contributed by atoms with Crippen LogP contribution in [0, 0.1) is 17.6 Å². The van der Waals surface area contributed by atoms with Gasteiger partial charge in [0.1, 0.15) is 11.6 Å². The van der Waals surface area contributed by atoms with E-state index in [1.807, 2.05) is 36.4 Å². The molecule has 2 aliphatic heterocycles. The Kier molecular flexibility index (Phi) is 11.8. The number of rotatable bonds is 10. The molecule has 0 bridgehead atoms. The topological polar surface area (TPSA) is 9.72 Å². The number of hydrogen-bond acceptors (Lipinski definition) is 3. The van der Waals surface area contributed by atoms with Crippen molar-refractivity contribution in [2.24, 2.45) is 5.92 Å². The van der Waals surface area contributed by atoms with Crippen LogP contribution in [0.3, 0.4) is 0 Å². The molecule has 2 heterocycles. The van der Waals surface area contributed by atoms with Gasteiger partial charge < -0.3 is 14.7 Å². The maximum absolute atomic E-state index is 14.0. The summed E-state index contributed by atoms with van der Waals surface area (Å²) in [7, 11) is 0. The number of halogens is 3. The minimum Gasteiger partial charge on any atom is -0.301 e. The third-order valence-corrected chi connectivity index (χ3v) is 9.17. The van der Waals surface area contributed by atoms with E-state index in [1.165, 1.54) is 24.0 Å². The number of piperidine rings is 1. The normalized spacial score (nSPS) is 18.4. The molecule has 2 aliphatic rings. The van der Waals surface area contributed by atoms with E-state index < -0.39 is 0 Å². The number of hydrogen-bond donors (Lipinski definition) is 0. The van der Waals surface area contributed by atoms with Crippen LogP contribution in [0.15, 0.2) is 72.8 Å². The zero-order chi connectivity index (χ0) is 27.9. The van der Waals surface area contributed by atoms with Crippen molar-refractivity contribution in [1.82, 2.24) is 14.7 Å². The number of aryl methyl sites for hydroxylation is 1. The zero-order valence-corrected chi connectivity index (χ0v) is 25.5. The quantitative estimate of drug-likeness (QED) is 0.245. The van der Waals surface area contributed by atoms with Crippen LogP contribution < -0.4 is 0 Å². The van der Waals surface area contributed by atoms with Gasteiger partial charge in [0.2, 0.25) is 0 Å². The second-order valence-corrected chi connectivity index (χ2v) is 12.0. The zero-order valence-electron chi connectivity index (χ0n) is 24.7. The lowest BCUT2D eigenvalue weighted by molar-refractivity contribution is 0.0968. The molecule has 1 atom stereocenters. The van der Waals surface area contributed by atoms with E-state index in [2.05, 4.69) is 40.7 Å². The van der Waals surface area contributed by atoms with Crippen molar-refractivity contribution >= 4 is 12.4 Å². The summed E-state index contributed by atoms with van der Waals surface area (Å²) in [6.45, 7) is 13.3. The fraction of sp³-hybridized carbons (Fsp3) is 0.486. The average molecular weight is 582 g/mol. The summed E-state index contributed by atoms with van der Waals surface area (Å²) in [6.07, 6.45) is 4.45. The molecule has 2 saturated heterocycles. The summed E-state index contributed by atoms with van der Waals surface area (Å²) in [5.74, 6) is 0.773. The third kappa shape index (κ3) is 8.61. The van der Waals surface area contributed by atoms with Gasteiger partial charge in [-0.1, -0.05) is 48.5 Å². The molecule has 41 heavy (non-hydrogen) atoms. The van der Waals surface area contributed by atoms with Gasteiger partial charge in [-0.15, -0.1) is 12.4 Å². The molecule has 5 rings (SSSR count). The Balaban J connectivity index is 0.00000387. The largest absolute Gasteiger partial charge is 0.301 e. The van der Waals surface area contributed by atoms with Crippen LogP contribution in [0.5, 0.6) is 0 Å². The lowest BCUT2D eigenvalue weighted by Crippen LogP contribution is -2.49. The SMILES string of the molecule is CC(C)N1CCC(C(CN2CCN(CCCc3ccc(F)cc3-c3ccccc3)CC2)c2ccc(F)cc2)CC1.Cl. The summed E-state index contributed by atoms with van der Waals surface area (Å²) in [5, 5.41) is 0. The van der Waals surface area contributed by atoms with Crippen molar-refractivity contribution in [1.29, 1.82) is 0 Å². The van der Waals surface area contributed by atoms with Crippen LogP contribution in [0.4, 0.5) is 8.78 Å². The van der Waals surface area contributed by atoms with Gasteiger partial charge in [0.05, 0.1) is 0 Å². The second-order valence-electron chi connectivity index (χ2n) is 12.0. The van der Waals surface area contributed by atoms with Gasteiger partial charge in [-0.05, 0) is 118 Å². The van der Waals surface area contributed by atoms with Crippen molar-refractivity contribution in [2.45, 2.75) is 51.5 Å². The molecule has 2 fully saturated rings. The molecule has 0 amide bonds. The first-order chi connectivity index (χ1) is 19.5. The van der Waals surface area contributed by atoms with Crippen molar-refractivity contribution in [3.8, 4) is 11.1 Å². The smallest absolute Gasteiger partial charge is 0.123 e. The first-order valence-corrected chi connectivity index (χ1v) is 15.2. The molecule has 6 heteroatoms. The number of likely N-dealkylation sites (tertiary alicyclic amines) is 1. The van der Waals surface area contributed by atoms with Gasteiger partial charge in [0.15, 0.2) is 0 Å². The van der Waals surface area contributed by atoms with E-state index in [-0.39, 0.29) is 24.0 Å². The van der Waals surface area contributed by atoms with Gasteiger partial charge >= 0.3 is 0 Å². The van der Waals surface area contributed by atoms with E-state index in [0.29, 0.717) is 17.9 Å². The molecule has 0 radical (unpaired) electrons. The van der Waals surface area contributed by atoms with Crippen LogP contribution in [-0.2, 0) is 6.42 Å². The maximum atomic E-state index is 14.0. The lowest BCUT2D eigenvalue weighted by atomic mass is 9.79. The monoisotopic (exact) mass is 581 g/mol. The standard InChI is InChI=1S/C35H45F2N3.ClH/c1-27(2)40-19-16-31(17-20-40)35(30-10-13-32(36)14-11-30)26-39-23-21-38(22-24-39)18-6-9-29-12-15-33(37)25-34(29)28-7-4-3-5-8-28;/h3-5,7-8,10-15,25,27,31,35H,6,9,16-24,26H2,1-2H3;1H. The van der Waals surface area contributed by atoms with Crippen LogP contribution in [0.2, 0.25) is 0 Å². The molecule has 1 unspecified atom stereocenters. The highest BCUT2D eigenvalue weighted by Crippen LogP contribution is 2.34. The molecule has 0 N–H and O–H groups in total. The van der Waals surface area contributed by atoms with E-state index in [4.69, 9.17) is 0 Å². The predicted molar refractivity (Wildman–Crippen MR) is 169 cm³/mol. The molecule has 3 aromatic rings. The van der Waals surface area contributed by atoms with E-state index in [9.17, 15) is 8.78 Å². The number of nitrogens with zero attached hydrogens (tertiary/aromatic N) is 3. The Hall–Kier alpha value is -2.31. The molecule has 0 aromatic heterocycles. The molecule has 0 saturated carbocycles. The second kappa shape index (κ2) is 15.2. The Morgan fingerprint density at radius 1 is 0.756 bits per heavy atom. The van der Waals surface area contributed by atoms with E-state index in [0.717, 1.165) is 76.3 Å². The van der Waals surface area contributed by atoms with Crippen LogP contribution in [0.25, 0.3) is 11.1 Å². The Bertz CT molecular complexity index is 1190. The predicted octanol–water partition coefficient (Wildman–Crippen LogP) is 7.51. The summed E-state index contributed by atoms with van der Waals surface area (Å²) < 4.78 is 27.8. The van der Waals surface area contributed by atoms with Gasteiger partial charge in [0.25, 0.3) is 0 Å². The summed E-state index contributed by atoms with van der Waals surface area (Å²) in [6, 6.07) is 23.3. The van der Waals surface area contributed by atoms with E-state index in [1.54, 1.807) is 24.3 Å². The highest BCUT2D eigenvalue weighted by atomic mass is 35.5. The van der Waals surface area contributed by atoms with Crippen molar-refractivity contribution < 1.29 is 8.78 Å². The van der Waals surface area contributed by atoms with Crippen LogP contribution in [-0.4, -0.2) is 73.1 Å². The first kappa shape index (κ1) is 31.6. The summed E-state index contributed by atoms with van der Waals surface area (Å²) in [4.78, 5) is 7.80. The Morgan fingerprint density at radius 2 is 1.39 bits per heavy atom. The highest BCUT2D eigenvalue weighted by Gasteiger charge is 2.31. The summed E-state index contributed by atoms with van der Waals surface area (Å²) >= 11 is 0. The minimum atomic E-state index is -0.178. The van der Waals surface area contributed by atoms with Crippen molar-refractivity contribution in [3.63, 3.8) is 0 Å². The summed E-state index contributed by atoms with van der Waals surface area (Å²) in [5.41, 5.74) is 4.60. The van der Waals surface area contributed by atoms with Gasteiger partial charge in [-0.25, -0.2) is 8.78 Å². The first-order valence-electron chi connectivity index (χ1n) is 15.2. The van der Waals surface area contributed by atoms with Gasteiger partial charge in [-0.2, -0.15) is 0 Å². The molecular weight excluding hydrogens is 536 g/mol. The fourth-order valence-electron chi connectivity index (χ4n) is 6.69. The molecular formula is C35H46ClF2N3. The molecule has 3 nitrogen and oxygen atoms in total. The Morgan fingerprint density at radius 3 is 2.05 bits per heavy atom. The van der Waals surface area contributed by atoms with Crippen LogP contribution in [0.1, 0.15) is 50.2 Å². The number of piperazine rings is 1. The molecule has 222 valence electrons. The Labute approximate surface area is 252 Å². The van der Waals surface area contributed by atoms with E-state index >= 15 is 0 Å². The van der Waals surface area contributed by atoms with Gasteiger partial charge in [-0.3, -0.25) is 0 Å². The van der Waals surface area contributed by atoms with Crippen molar-refractivity contribution in [2.75, 3.05) is 52.4 Å². The minimum absolute atomic E-state index is 0. The molecule has 0 aliphatic carbocycles. The lowest BCUT2D eigenvalue weighted by Gasteiger charge is -2.41. The van der Waals surface area contributed by atoms with Crippen LogP contribution >= 0.6 is 12.4 Å². The van der Waals surface area contributed by atoms with Gasteiger partial charge in [0, 0.05) is 38.8 Å². The average Bonchev–Trinajstić information content (AvgIpc) is 2.98. The molecule has 3 aromatic carbocycles. The maximum Gasteiger partial charge on any atom is 0.123 e. The third-order valence-electron chi connectivity index (χ3n) is 9.17. The fourth-order valence-corrected chi connectivity index (χ4v) is 6.69. The van der Waals surface area contributed by atoms with Crippen molar-refractivity contribution in [3.05, 3.63) is 95.6 Å². The number of benzene rings is 3. The highest BCUT2D eigenvalue weighted by molar-refractivity contribution is 5.85. The molecule has 0 spiro atoms.